The third-order valence-corrected chi connectivity index (χ3v) is 9.49. The molecule has 1 fully saturated rings. The quantitative estimate of drug-likeness (QED) is 0.163. The number of benzene rings is 2. The van der Waals surface area contributed by atoms with Crippen LogP contribution in [0.1, 0.15) is 44.2 Å². The Morgan fingerprint density at radius 3 is 2.60 bits per heavy atom. The summed E-state index contributed by atoms with van der Waals surface area (Å²) in [5.41, 5.74) is 2.03. The molecule has 0 radical (unpaired) electrons. The van der Waals surface area contributed by atoms with Crippen LogP contribution in [0.3, 0.4) is 0 Å². The third kappa shape index (κ3) is 7.34. The number of aryl methyl sites for hydroxylation is 2. The van der Waals surface area contributed by atoms with Crippen LogP contribution in [0.25, 0.3) is 22.0 Å². The van der Waals surface area contributed by atoms with Crippen molar-refractivity contribution < 1.29 is 22.7 Å². The Morgan fingerprint density at radius 1 is 1.02 bits per heavy atom. The van der Waals surface area contributed by atoms with Gasteiger partial charge in [0.2, 0.25) is 22.7 Å². The number of piperidine rings is 1. The smallest absolute Gasteiger partial charge is 0.410 e. The van der Waals surface area contributed by atoms with E-state index in [1.807, 2.05) is 65.0 Å². The Kier molecular flexibility index (Phi) is 9.47. The number of thiol groups is 1. The molecule has 0 bridgehead atoms. The first-order valence-corrected chi connectivity index (χ1v) is 17.5. The van der Waals surface area contributed by atoms with Crippen LogP contribution in [0.2, 0.25) is 0 Å². The fourth-order valence-corrected chi connectivity index (χ4v) is 7.17. The van der Waals surface area contributed by atoms with Gasteiger partial charge in [-0.15, -0.1) is 11.3 Å². The van der Waals surface area contributed by atoms with Gasteiger partial charge in [-0.1, -0.05) is 24.3 Å². The van der Waals surface area contributed by atoms with Crippen molar-refractivity contribution in [2.24, 2.45) is 0 Å². The molecule has 14 heteroatoms. The molecule has 2 aromatic carbocycles. The lowest BCUT2D eigenvalue weighted by atomic mass is 10.0. The number of fused-ring (bicyclic) bond motifs is 1. The number of carbonyl (C=O) groups is 1. The fraction of sp³-hybridized carbons (Fsp3) is 0.324. The molecule has 1 aliphatic heterocycles. The van der Waals surface area contributed by atoms with Gasteiger partial charge >= 0.3 is 6.09 Å². The van der Waals surface area contributed by atoms with E-state index in [-0.39, 0.29) is 12.1 Å². The van der Waals surface area contributed by atoms with Gasteiger partial charge in [0.05, 0.1) is 28.1 Å². The summed E-state index contributed by atoms with van der Waals surface area (Å²) in [5.74, 6) is 1.31. The molecule has 250 valence electrons. The van der Waals surface area contributed by atoms with E-state index in [0.717, 1.165) is 28.8 Å². The predicted octanol–water partition coefficient (Wildman–Crippen LogP) is 7.03. The Labute approximate surface area is 284 Å². The highest BCUT2D eigenvalue weighted by Crippen LogP contribution is 2.41. The van der Waals surface area contributed by atoms with Crippen molar-refractivity contribution in [3.05, 3.63) is 77.7 Å². The number of hydrogen-bond donors (Lipinski definition) is 2. The summed E-state index contributed by atoms with van der Waals surface area (Å²) < 4.78 is 38.4. The fourth-order valence-electron chi connectivity index (χ4n) is 5.59. The topological polar surface area (TPSA) is 140 Å². The number of anilines is 3. The van der Waals surface area contributed by atoms with Crippen LogP contribution >= 0.6 is 11.3 Å². The van der Waals surface area contributed by atoms with Gasteiger partial charge in [0, 0.05) is 42.3 Å². The van der Waals surface area contributed by atoms with Gasteiger partial charge in [-0.05, 0) is 77.3 Å². The van der Waals surface area contributed by atoms with E-state index in [1.54, 1.807) is 41.7 Å². The van der Waals surface area contributed by atoms with Gasteiger partial charge in [0.15, 0.2) is 0 Å². The molecule has 3 aromatic heterocycles. The first-order valence-electron chi connectivity index (χ1n) is 15.6. The standard InChI is InChI=1S/C34H37N7O5S2/c1-21-13-14-24-25(10-6-12-28(24)41(48(43)44)29-19-37-22(2)47-29)30(21)45-31-26(11-7-16-35-31)27-15-17-36-32(39-27)38-23-9-8-18-40(20-23)33(42)46-34(3,4)5/h6-7,10-17,19,23,48H,8-9,18,20H2,1-5H3,(H,36,38,39)/t23-/m0/s1. The number of thiazole rings is 1. The maximum absolute atomic E-state index is 12.7. The van der Waals surface area contributed by atoms with Crippen LogP contribution in [0, 0.1) is 13.8 Å². The summed E-state index contributed by atoms with van der Waals surface area (Å²) >= 11 is 1.30. The second-order valence-corrected chi connectivity index (χ2v) is 14.6. The van der Waals surface area contributed by atoms with Gasteiger partial charge in [0.25, 0.3) is 0 Å². The molecule has 0 unspecified atom stereocenters. The zero-order valence-electron chi connectivity index (χ0n) is 27.3. The van der Waals surface area contributed by atoms with Crippen LogP contribution in [0.15, 0.2) is 67.1 Å². The summed E-state index contributed by atoms with van der Waals surface area (Å²) in [4.78, 5) is 32.5. The van der Waals surface area contributed by atoms with Crippen molar-refractivity contribution in [3.8, 4) is 22.9 Å². The third-order valence-electron chi connectivity index (χ3n) is 7.70. The minimum absolute atomic E-state index is 0.0450. The molecular formula is C34H37N7O5S2. The van der Waals surface area contributed by atoms with E-state index < -0.39 is 16.5 Å². The molecule has 5 aromatic rings. The molecule has 0 saturated carbocycles. The molecule has 1 aliphatic rings. The Balaban J connectivity index is 1.29. The molecule has 1 N–H and O–H groups in total. The summed E-state index contributed by atoms with van der Waals surface area (Å²) in [6.45, 7) is 10.5. The van der Waals surface area contributed by atoms with E-state index in [9.17, 15) is 13.2 Å². The average Bonchev–Trinajstić information content (AvgIpc) is 3.47. The molecule has 12 nitrogen and oxygen atoms in total. The van der Waals surface area contributed by atoms with Gasteiger partial charge < -0.3 is 19.7 Å². The molecule has 4 heterocycles. The lowest BCUT2D eigenvalue weighted by Gasteiger charge is -2.34. The van der Waals surface area contributed by atoms with E-state index in [2.05, 4.69) is 20.3 Å². The number of rotatable bonds is 8. The summed E-state index contributed by atoms with van der Waals surface area (Å²) in [6.07, 6.45) is 6.24. The molecule has 6 rings (SSSR count). The van der Waals surface area contributed by atoms with Crippen molar-refractivity contribution in [3.63, 3.8) is 0 Å². The monoisotopic (exact) mass is 687 g/mol. The highest BCUT2D eigenvalue weighted by atomic mass is 32.2. The van der Waals surface area contributed by atoms with Crippen LogP contribution in [-0.2, 0) is 15.6 Å². The Hall–Kier alpha value is -4.82. The van der Waals surface area contributed by atoms with E-state index in [4.69, 9.17) is 14.5 Å². The normalized spacial score (nSPS) is 15.0. The van der Waals surface area contributed by atoms with Crippen LogP contribution in [-0.4, -0.2) is 64.1 Å². The maximum Gasteiger partial charge on any atom is 0.410 e. The van der Waals surface area contributed by atoms with Crippen LogP contribution < -0.4 is 14.4 Å². The highest BCUT2D eigenvalue weighted by molar-refractivity contribution is 7.74. The van der Waals surface area contributed by atoms with Crippen LogP contribution in [0.4, 0.5) is 21.4 Å². The first kappa shape index (κ1) is 33.1. The first-order chi connectivity index (χ1) is 23.0. The largest absolute Gasteiger partial charge is 0.444 e. The van der Waals surface area contributed by atoms with Crippen molar-refractivity contribution in [1.29, 1.82) is 0 Å². The highest BCUT2D eigenvalue weighted by Gasteiger charge is 2.28. The molecule has 1 atom stereocenters. The van der Waals surface area contributed by atoms with Gasteiger partial charge in [0.1, 0.15) is 16.4 Å². The number of hydrogen-bond acceptors (Lipinski definition) is 11. The Bertz CT molecular complexity index is 2030. The number of carbonyl (C=O) groups excluding carboxylic acids is 1. The number of likely N-dealkylation sites (tertiary alicyclic amines) is 1. The zero-order valence-corrected chi connectivity index (χ0v) is 29.0. The number of aromatic nitrogens is 4. The number of ether oxygens (including phenoxy) is 2. The van der Waals surface area contributed by atoms with Crippen molar-refractivity contribution in [1.82, 2.24) is 24.8 Å². The molecule has 0 aliphatic carbocycles. The lowest BCUT2D eigenvalue weighted by molar-refractivity contribution is 0.0206. The molecule has 1 amide bonds. The number of pyridine rings is 1. The van der Waals surface area contributed by atoms with Gasteiger partial charge in [-0.2, -0.15) is 0 Å². The van der Waals surface area contributed by atoms with Crippen molar-refractivity contribution >= 4 is 55.7 Å². The van der Waals surface area contributed by atoms with Crippen LogP contribution in [0.5, 0.6) is 11.6 Å². The maximum atomic E-state index is 12.7. The van der Waals surface area contributed by atoms with E-state index in [1.165, 1.54) is 15.6 Å². The minimum atomic E-state index is -2.99. The lowest BCUT2D eigenvalue weighted by Crippen LogP contribution is -2.47. The predicted molar refractivity (Wildman–Crippen MR) is 188 cm³/mol. The van der Waals surface area contributed by atoms with Gasteiger partial charge in [-0.3, -0.25) is 0 Å². The van der Waals surface area contributed by atoms with Crippen molar-refractivity contribution in [2.45, 2.75) is 59.1 Å². The summed E-state index contributed by atoms with van der Waals surface area (Å²) in [6, 6.07) is 14.7. The number of nitrogens with zero attached hydrogens (tertiary/aromatic N) is 6. The summed E-state index contributed by atoms with van der Waals surface area (Å²) in [5, 5.41) is 6.08. The number of nitrogens with one attached hydrogen (secondary N) is 1. The van der Waals surface area contributed by atoms with Gasteiger partial charge in [-0.25, -0.2) is 37.5 Å². The Morgan fingerprint density at radius 2 is 1.85 bits per heavy atom. The second kappa shape index (κ2) is 13.7. The van der Waals surface area contributed by atoms with E-state index in [0.29, 0.717) is 58.0 Å². The summed E-state index contributed by atoms with van der Waals surface area (Å²) in [7, 11) is -2.99. The van der Waals surface area contributed by atoms with Crippen molar-refractivity contribution in [2.75, 3.05) is 22.7 Å². The zero-order chi connectivity index (χ0) is 34.0. The minimum Gasteiger partial charge on any atom is -0.444 e. The molecule has 0 spiro atoms. The SMILES string of the molecule is Cc1ncc(N(c2cccc3c(Oc4ncccc4-c4ccnc(N[C@H]5CCCN(C(=O)OC(C)(C)C)C5)n4)c(C)ccc23)[SH](=O)=O)s1. The molecule has 48 heavy (non-hydrogen) atoms. The molecular weight excluding hydrogens is 651 g/mol. The number of amides is 1. The van der Waals surface area contributed by atoms with E-state index >= 15 is 0 Å². The second-order valence-electron chi connectivity index (χ2n) is 12.5. The average molecular weight is 688 g/mol. The molecule has 1 saturated heterocycles.